The fraction of sp³-hybridized carbons (Fsp3) is 0.667. The Bertz CT molecular complexity index is 325. The van der Waals surface area contributed by atoms with E-state index in [4.69, 9.17) is 0 Å². The summed E-state index contributed by atoms with van der Waals surface area (Å²) >= 11 is 0. The Morgan fingerprint density at radius 2 is 2.06 bits per heavy atom. The molecule has 0 amide bonds. The average Bonchev–Trinajstić information content (AvgIpc) is 2.28. The number of aromatic nitrogens is 2. The third-order valence-corrected chi connectivity index (χ3v) is 2.50. The summed E-state index contributed by atoms with van der Waals surface area (Å²) in [6, 6.07) is 2.07. The molecule has 0 saturated heterocycles. The predicted octanol–water partition coefficient (Wildman–Crippen LogP) is 1.39. The first-order valence-corrected chi connectivity index (χ1v) is 5.93. The van der Waals surface area contributed by atoms with E-state index < -0.39 is 0 Å². The van der Waals surface area contributed by atoms with Crippen LogP contribution in [0.25, 0.3) is 0 Å². The topological polar surface area (TPSA) is 41.0 Å². The van der Waals surface area contributed by atoms with Crippen LogP contribution in [-0.4, -0.2) is 36.6 Å². The van der Waals surface area contributed by atoms with Crippen molar-refractivity contribution in [1.29, 1.82) is 0 Å². The van der Waals surface area contributed by atoms with Crippen LogP contribution in [-0.2, 0) is 6.42 Å². The molecule has 90 valence electrons. The molecule has 0 radical (unpaired) electrons. The molecule has 0 aliphatic carbocycles. The standard InChI is InChI=1S/C12H22N4/c1-5-11-9-12(15-10(3)14-11)16(4)8-7-13-6-2/h9,13H,5-8H2,1-4H3. The summed E-state index contributed by atoms with van der Waals surface area (Å²) < 4.78 is 0. The van der Waals surface area contributed by atoms with Crippen LogP contribution in [0.1, 0.15) is 25.4 Å². The van der Waals surface area contributed by atoms with Crippen molar-refractivity contribution in [1.82, 2.24) is 15.3 Å². The second kappa shape index (κ2) is 6.43. The lowest BCUT2D eigenvalue weighted by molar-refractivity contribution is 0.700. The zero-order chi connectivity index (χ0) is 12.0. The van der Waals surface area contributed by atoms with Crippen molar-refractivity contribution in [3.8, 4) is 0 Å². The summed E-state index contributed by atoms with van der Waals surface area (Å²) in [6.07, 6.45) is 0.956. The molecule has 0 aliphatic rings. The molecule has 16 heavy (non-hydrogen) atoms. The Kier molecular flexibility index (Phi) is 5.19. The van der Waals surface area contributed by atoms with E-state index in [1.54, 1.807) is 0 Å². The zero-order valence-electron chi connectivity index (χ0n) is 10.7. The van der Waals surface area contributed by atoms with Gasteiger partial charge in [0.1, 0.15) is 11.6 Å². The molecule has 4 nitrogen and oxygen atoms in total. The van der Waals surface area contributed by atoms with Crippen molar-refractivity contribution >= 4 is 5.82 Å². The molecular formula is C12H22N4. The van der Waals surface area contributed by atoms with Crippen LogP contribution in [0.4, 0.5) is 5.82 Å². The Balaban J connectivity index is 2.66. The summed E-state index contributed by atoms with van der Waals surface area (Å²) in [5, 5.41) is 3.31. The quantitative estimate of drug-likeness (QED) is 0.739. The number of nitrogens with one attached hydrogen (secondary N) is 1. The highest BCUT2D eigenvalue weighted by Gasteiger charge is 2.05. The summed E-state index contributed by atoms with van der Waals surface area (Å²) in [6.45, 7) is 9.14. The van der Waals surface area contributed by atoms with E-state index in [2.05, 4.69) is 47.1 Å². The zero-order valence-corrected chi connectivity index (χ0v) is 10.7. The molecule has 1 aromatic rings. The smallest absolute Gasteiger partial charge is 0.132 e. The number of hydrogen-bond donors (Lipinski definition) is 1. The lowest BCUT2D eigenvalue weighted by Gasteiger charge is -2.19. The molecule has 0 aromatic carbocycles. The molecule has 0 fully saturated rings. The Morgan fingerprint density at radius 1 is 1.31 bits per heavy atom. The molecule has 1 heterocycles. The first-order chi connectivity index (χ1) is 7.67. The largest absolute Gasteiger partial charge is 0.358 e. The highest BCUT2D eigenvalue weighted by Crippen LogP contribution is 2.10. The molecule has 0 unspecified atom stereocenters. The lowest BCUT2D eigenvalue weighted by atomic mass is 10.3. The summed E-state index contributed by atoms with van der Waals surface area (Å²) in [5.74, 6) is 1.87. The molecule has 0 bridgehead atoms. The van der Waals surface area contributed by atoms with Crippen molar-refractivity contribution in [2.75, 3.05) is 31.6 Å². The van der Waals surface area contributed by atoms with Gasteiger partial charge in [0.2, 0.25) is 0 Å². The molecular weight excluding hydrogens is 200 g/mol. The van der Waals surface area contributed by atoms with Crippen molar-refractivity contribution in [2.24, 2.45) is 0 Å². The van der Waals surface area contributed by atoms with Gasteiger partial charge in [0.05, 0.1) is 0 Å². The van der Waals surface area contributed by atoms with Crippen molar-refractivity contribution in [3.63, 3.8) is 0 Å². The van der Waals surface area contributed by atoms with Gasteiger partial charge in [0, 0.05) is 31.9 Å². The van der Waals surface area contributed by atoms with Crippen LogP contribution in [0.15, 0.2) is 6.07 Å². The van der Waals surface area contributed by atoms with Gasteiger partial charge >= 0.3 is 0 Å². The SMILES string of the molecule is CCNCCN(C)c1cc(CC)nc(C)n1. The maximum atomic E-state index is 4.45. The molecule has 0 saturated carbocycles. The minimum absolute atomic E-state index is 0.852. The summed E-state index contributed by atoms with van der Waals surface area (Å²) in [5.41, 5.74) is 1.11. The number of nitrogens with zero attached hydrogens (tertiary/aromatic N) is 3. The maximum Gasteiger partial charge on any atom is 0.132 e. The number of anilines is 1. The van der Waals surface area contributed by atoms with E-state index in [9.17, 15) is 0 Å². The first-order valence-electron chi connectivity index (χ1n) is 5.93. The van der Waals surface area contributed by atoms with E-state index >= 15 is 0 Å². The Hall–Kier alpha value is -1.16. The Labute approximate surface area is 98.1 Å². The van der Waals surface area contributed by atoms with Gasteiger partial charge in [-0.25, -0.2) is 9.97 Å². The normalized spacial score (nSPS) is 10.5. The van der Waals surface area contributed by atoms with Crippen molar-refractivity contribution < 1.29 is 0 Å². The molecule has 4 heteroatoms. The van der Waals surface area contributed by atoms with Gasteiger partial charge < -0.3 is 10.2 Å². The lowest BCUT2D eigenvalue weighted by Crippen LogP contribution is -2.29. The molecule has 0 spiro atoms. The second-order valence-electron chi connectivity index (χ2n) is 3.89. The van der Waals surface area contributed by atoms with Crippen LogP contribution in [0.3, 0.4) is 0 Å². The van der Waals surface area contributed by atoms with Crippen LogP contribution < -0.4 is 10.2 Å². The van der Waals surface area contributed by atoms with E-state index in [-0.39, 0.29) is 0 Å². The first kappa shape index (κ1) is 12.9. The van der Waals surface area contributed by atoms with E-state index in [0.29, 0.717) is 0 Å². The van der Waals surface area contributed by atoms with Gasteiger partial charge in [-0.2, -0.15) is 0 Å². The van der Waals surface area contributed by atoms with Crippen LogP contribution in [0.2, 0.25) is 0 Å². The molecule has 0 aliphatic heterocycles. The minimum Gasteiger partial charge on any atom is -0.358 e. The van der Waals surface area contributed by atoms with Crippen LogP contribution in [0, 0.1) is 6.92 Å². The molecule has 0 atom stereocenters. The number of likely N-dealkylation sites (N-methyl/N-ethyl adjacent to an activating group) is 2. The molecule has 1 N–H and O–H groups in total. The van der Waals surface area contributed by atoms with Gasteiger partial charge in [0.25, 0.3) is 0 Å². The second-order valence-corrected chi connectivity index (χ2v) is 3.89. The summed E-state index contributed by atoms with van der Waals surface area (Å²) in [4.78, 5) is 11.0. The minimum atomic E-state index is 0.852. The highest BCUT2D eigenvalue weighted by molar-refractivity contribution is 5.38. The maximum absolute atomic E-state index is 4.45. The van der Waals surface area contributed by atoms with E-state index in [0.717, 1.165) is 43.4 Å². The number of aryl methyl sites for hydroxylation is 2. The average molecular weight is 222 g/mol. The van der Waals surface area contributed by atoms with Gasteiger partial charge in [-0.15, -0.1) is 0 Å². The van der Waals surface area contributed by atoms with Gasteiger partial charge in [-0.3, -0.25) is 0 Å². The van der Waals surface area contributed by atoms with E-state index in [1.165, 1.54) is 0 Å². The van der Waals surface area contributed by atoms with Crippen molar-refractivity contribution in [3.05, 3.63) is 17.6 Å². The fourth-order valence-corrected chi connectivity index (χ4v) is 1.53. The number of hydrogen-bond acceptors (Lipinski definition) is 4. The third-order valence-electron chi connectivity index (χ3n) is 2.50. The fourth-order valence-electron chi connectivity index (χ4n) is 1.53. The van der Waals surface area contributed by atoms with Gasteiger partial charge in [0.15, 0.2) is 0 Å². The highest BCUT2D eigenvalue weighted by atomic mass is 15.2. The predicted molar refractivity (Wildman–Crippen MR) is 68.0 cm³/mol. The van der Waals surface area contributed by atoms with Crippen LogP contribution >= 0.6 is 0 Å². The summed E-state index contributed by atoms with van der Waals surface area (Å²) in [7, 11) is 2.07. The van der Waals surface area contributed by atoms with Gasteiger partial charge in [-0.1, -0.05) is 13.8 Å². The third kappa shape index (κ3) is 3.77. The van der Waals surface area contributed by atoms with E-state index in [1.807, 2.05) is 6.92 Å². The van der Waals surface area contributed by atoms with Crippen LogP contribution in [0.5, 0.6) is 0 Å². The molecule has 1 aromatic heterocycles. The Morgan fingerprint density at radius 3 is 2.69 bits per heavy atom. The molecule has 1 rings (SSSR count). The number of rotatable bonds is 6. The van der Waals surface area contributed by atoms with Gasteiger partial charge in [-0.05, 0) is 19.9 Å². The van der Waals surface area contributed by atoms with Crippen molar-refractivity contribution in [2.45, 2.75) is 27.2 Å². The monoisotopic (exact) mass is 222 g/mol.